The number of hydrogen-bond donors (Lipinski definition) is 1. The van der Waals surface area contributed by atoms with Gasteiger partial charge in [-0.2, -0.15) is 0 Å². The van der Waals surface area contributed by atoms with Gasteiger partial charge in [0.05, 0.1) is 38.1 Å². The van der Waals surface area contributed by atoms with Crippen molar-refractivity contribution in [2.24, 2.45) is 0 Å². The Morgan fingerprint density at radius 2 is 1.65 bits per heavy atom. The first-order valence-electron chi connectivity index (χ1n) is 10.9. The van der Waals surface area contributed by atoms with Crippen LogP contribution in [0, 0.1) is 0 Å². The minimum atomic E-state index is -0.145. The third-order valence-corrected chi connectivity index (χ3v) is 6.51. The molecule has 0 aliphatic carbocycles. The monoisotopic (exact) mass is 498 g/mol. The highest BCUT2D eigenvalue weighted by Crippen LogP contribution is 2.39. The quantitative estimate of drug-likeness (QED) is 0.417. The summed E-state index contributed by atoms with van der Waals surface area (Å²) < 4.78 is 22.6. The maximum absolute atomic E-state index is 6.36. The molecular formula is C26H27ClN2O4S. The number of benzene rings is 3. The van der Waals surface area contributed by atoms with Crippen LogP contribution < -0.4 is 24.3 Å². The van der Waals surface area contributed by atoms with Crippen molar-refractivity contribution in [2.45, 2.75) is 12.5 Å². The van der Waals surface area contributed by atoms with E-state index in [0.29, 0.717) is 28.2 Å². The lowest BCUT2D eigenvalue weighted by Gasteiger charge is -2.39. The standard InChI is InChI=1S/C26H27ClN2O4S/c1-30-18-8-10-19(11-9-18)33-16-23-20-15-25(32-3)24(31-2)14-17(20)12-13-29(23)26(34)28-22-7-5-4-6-21(22)27/h4-11,14-15,23H,12-13,16H2,1-3H3,(H,28,34)/t23-/m1/s1. The summed E-state index contributed by atoms with van der Waals surface area (Å²) in [6.07, 6.45) is 0.805. The Hall–Kier alpha value is -3.16. The molecule has 0 amide bonds. The molecule has 0 saturated heterocycles. The zero-order valence-electron chi connectivity index (χ0n) is 19.3. The summed E-state index contributed by atoms with van der Waals surface area (Å²) in [5.41, 5.74) is 3.03. The summed E-state index contributed by atoms with van der Waals surface area (Å²) in [6, 6.07) is 19.0. The fraction of sp³-hybridized carbons (Fsp3) is 0.269. The normalized spacial score (nSPS) is 14.7. The highest BCUT2D eigenvalue weighted by atomic mass is 35.5. The minimum Gasteiger partial charge on any atom is -0.497 e. The maximum Gasteiger partial charge on any atom is 0.174 e. The summed E-state index contributed by atoms with van der Waals surface area (Å²) in [4.78, 5) is 2.14. The average molecular weight is 499 g/mol. The Kier molecular flexibility index (Phi) is 7.65. The van der Waals surface area contributed by atoms with E-state index in [4.69, 9.17) is 42.8 Å². The highest BCUT2D eigenvalue weighted by Gasteiger charge is 2.31. The zero-order chi connectivity index (χ0) is 24.1. The molecule has 0 saturated carbocycles. The SMILES string of the molecule is COc1ccc(OC[C@@H]2c3cc(OC)c(OC)cc3CCN2C(=S)Nc2ccccc2Cl)cc1. The molecule has 6 nitrogen and oxygen atoms in total. The summed E-state index contributed by atoms with van der Waals surface area (Å²) in [5, 5.41) is 4.49. The van der Waals surface area contributed by atoms with Crippen LogP contribution in [0.25, 0.3) is 0 Å². The number of para-hydroxylation sites is 1. The second-order valence-corrected chi connectivity index (χ2v) is 8.56. The van der Waals surface area contributed by atoms with E-state index in [0.717, 1.165) is 35.7 Å². The average Bonchev–Trinajstić information content (AvgIpc) is 2.87. The molecule has 0 unspecified atom stereocenters. The van der Waals surface area contributed by atoms with Gasteiger partial charge in [-0.1, -0.05) is 23.7 Å². The molecule has 3 aromatic carbocycles. The molecule has 34 heavy (non-hydrogen) atoms. The van der Waals surface area contributed by atoms with Crippen molar-refractivity contribution in [1.82, 2.24) is 4.90 Å². The van der Waals surface area contributed by atoms with Gasteiger partial charge >= 0.3 is 0 Å². The first kappa shape index (κ1) is 24.0. The van der Waals surface area contributed by atoms with Gasteiger partial charge in [-0.05, 0) is 78.3 Å². The molecule has 1 heterocycles. The largest absolute Gasteiger partial charge is 0.497 e. The number of nitrogens with zero attached hydrogens (tertiary/aromatic N) is 1. The molecule has 8 heteroatoms. The second-order valence-electron chi connectivity index (χ2n) is 7.76. The van der Waals surface area contributed by atoms with E-state index < -0.39 is 0 Å². The van der Waals surface area contributed by atoms with Crippen LogP contribution in [0.3, 0.4) is 0 Å². The Bertz CT molecular complexity index is 1160. The summed E-state index contributed by atoms with van der Waals surface area (Å²) >= 11 is 12.2. The summed E-state index contributed by atoms with van der Waals surface area (Å²) in [5.74, 6) is 2.90. The number of halogens is 1. The van der Waals surface area contributed by atoms with Crippen molar-refractivity contribution >= 4 is 34.6 Å². The molecule has 0 fully saturated rings. The molecule has 3 aromatic rings. The fourth-order valence-corrected chi connectivity index (χ4v) is 4.56. The third kappa shape index (κ3) is 5.16. The van der Waals surface area contributed by atoms with E-state index in [1.54, 1.807) is 21.3 Å². The molecule has 0 bridgehead atoms. The second kappa shape index (κ2) is 10.8. The van der Waals surface area contributed by atoms with E-state index >= 15 is 0 Å². The Balaban J connectivity index is 1.64. The molecule has 0 spiro atoms. The van der Waals surface area contributed by atoms with Crippen molar-refractivity contribution in [1.29, 1.82) is 0 Å². The first-order chi connectivity index (χ1) is 16.5. The Labute approximate surface area is 210 Å². The van der Waals surface area contributed by atoms with Gasteiger partial charge in [-0.15, -0.1) is 0 Å². The lowest BCUT2D eigenvalue weighted by Crippen LogP contribution is -2.44. The van der Waals surface area contributed by atoms with Gasteiger partial charge in [0.2, 0.25) is 0 Å². The number of anilines is 1. The number of nitrogens with one attached hydrogen (secondary N) is 1. The predicted octanol–water partition coefficient (Wildman–Crippen LogP) is 5.74. The lowest BCUT2D eigenvalue weighted by molar-refractivity contribution is 0.190. The van der Waals surface area contributed by atoms with Gasteiger partial charge in [-0.3, -0.25) is 0 Å². The summed E-state index contributed by atoms with van der Waals surface area (Å²) in [7, 11) is 4.92. The summed E-state index contributed by atoms with van der Waals surface area (Å²) in [6.45, 7) is 1.11. The van der Waals surface area contributed by atoms with Crippen molar-refractivity contribution < 1.29 is 18.9 Å². The Morgan fingerprint density at radius 1 is 0.971 bits per heavy atom. The van der Waals surface area contributed by atoms with Crippen molar-refractivity contribution in [3.63, 3.8) is 0 Å². The van der Waals surface area contributed by atoms with Crippen LogP contribution in [0.15, 0.2) is 60.7 Å². The van der Waals surface area contributed by atoms with Crippen molar-refractivity contribution in [3.8, 4) is 23.0 Å². The number of rotatable bonds is 7. The molecule has 1 aliphatic rings. The third-order valence-electron chi connectivity index (χ3n) is 5.85. The fourth-order valence-electron chi connectivity index (χ4n) is 4.05. The first-order valence-corrected chi connectivity index (χ1v) is 11.7. The van der Waals surface area contributed by atoms with Gasteiger partial charge in [0.1, 0.15) is 18.1 Å². The van der Waals surface area contributed by atoms with Crippen molar-refractivity contribution in [2.75, 3.05) is 39.8 Å². The van der Waals surface area contributed by atoms with E-state index in [1.165, 1.54) is 5.56 Å². The number of methoxy groups -OCH3 is 3. The number of fused-ring (bicyclic) bond motifs is 1. The molecule has 4 rings (SSSR count). The van der Waals surface area contributed by atoms with Crippen LogP contribution in [0.5, 0.6) is 23.0 Å². The van der Waals surface area contributed by atoms with Crippen LogP contribution in [0.1, 0.15) is 17.2 Å². The molecule has 1 aliphatic heterocycles. The number of thiocarbonyl (C=S) groups is 1. The van der Waals surface area contributed by atoms with Crippen molar-refractivity contribution in [3.05, 3.63) is 76.8 Å². The van der Waals surface area contributed by atoms with Crippen LogP contribution in [0.4, 0.5) is 5.69 Å². The van der Waals surface area contributed by atoms with Crippen LogP contribution in [0.2, 0.25) is 5.02 Å². The maximum atomic E-state index is 6.36. The molecule has 178 valence electrons. The lowest BCUT2D eigenvalue weighted by atomic mass is 9.92. The van der Waals surface area contributed by atoms with E-state index in [1.807, 2.05) is 60.7 Å². The molecule has 0 radical (unpaired) electrons. The van der Waals surface area contributed by atoms with E-state index in [-0.39, 0.29) is 6.04 Å². The number of hydrogen-bond acceptors (Lipinski definition) is 5. The van der Waals surface area contributed by atoms with Crippen LogP contribution in [-0.2, 0) is 6.42 Å². The number of ether oxygens (including phenoxy) is 4. The van der Waals surface area contributed by atoms with Gasteiger partial charge in [0.15, 0.2) is 16.6 Å². The predicted molar refractivity (Wildman–Crippen MR) is 139 cm³/mol. The van der Waals surface area contributed by atoms with Gasteiger partial charge < -0.3 is 29.2 Å². The molecular weight excluding hydrogens is 472 g/mol. The van der Waals surface area contributed by atoms with Gasteiger partial charge in [0.25, 0.3) is 0 Å². The minimum absolute atomic E-state index is 0.145. The van der Waals surface area contributed by atoms with Gasteiger partial charge in [-0.25, -0.2) is 0 Å². The topological polar surface area (TPSA) is 52.2 Å². The van der Waals surface area contributed by atoms with Crippen LogP contribution >= 0.6 is 23.8 Å². The smallest absolute Gasteiger partial charge is 0.174 e. The zero-order valence-corrected chi connectivity index (χ0v) is 20.9. The van der Waals surface area contributed by atoms with E-state index in [2.05, 4.69) is 10.2 Å². The van der Waals surface area contributed by atoms with E-state index in [9.17, 15) is 0 Å². The Morgan fingerprint density at radius 3 is 2.32 bits per heavy atom. The molecule has 1 N–H and O–H groups in total. The van der Waals surface area contributed by atoms with Gasteiger partial charge in [0, 0.05) is 6.54 Å². The van der Waals surface area contributed by atoms with Crippen LogP contribution in [-0.4, -0.2) is 44.5 Å². The molecule has 0 aromatic heterocycles. The highest BCUT2D eigenvalue weighted by molar-refractivity contribution is 7.80. The molecule has 1 atom stereocenters.